The Balaban J connectivity index is 1.50. The Labute approximate surface area is 156 Å². The fourth-order valence-electron chi connectivity index (χ4n) is 2.41. The third kappa shape index (κ3) is 4.97. The number of oxime groups is 1. The van der Waals surface area contributed by atoms with Crippen LogP contribution in [0.2, 0.25) is 0 Å². The Bertz CT molecular complexity index is 877. The van der Waals surface area contributed by atoms with E-state index >= 15 is 0 Å². The Morgan fingerprint density at radius 3 is 2.44 bits per heavy atom. The largest absolute Gasteiger partial charge is 0.454 e. The highest BCUT2D eigenvalue weighted by molar-refractivity contribution is 5.99. The predicted molar refractivity (Wildman–Crippen MR) is 100 cm³/mol. The zero-order valence-corrected chi connectivity index (χ0v) is 14.9. The van der Waals surface area contributed by atoms with Crippen molar-refractivity contribution in [1.82, 2.24) is 0 Å². The molecule has 2 aromatic carbocycles. The summed E-state index contributed by atoms with van der Waals surface area (Å²) in [5, 5.41) is 9.34. The number of nitrogens with zero attached hydrogens (tertiary/aromatic N) is 1. The van der Waals surface area contributed by atoms with Gasteiger partial charge in [0.1, 0.15) is 0 Å². The molecule has 0 aliphatic carbocycles. The number of benzene rings is 2. The molecule has 2 amide bonds. The molecule has 3 rings (SSSR count). The second-order valence-corrected chi connectivity index (χ2v) is 5.82. The van der Waals surface area contributed by atoms with Gasteiger partial charge in [-0.3, -0.25) is 9.59 Å². The lowest BCUT2D eigenvalue weighted by molar-refractivity contribution is -0.120. The molecule has 2 N–H and O–H groups in total. The van der Waals surface area contributed by atoms with Gasteiger partial charge in [0.25, 0.3) is 5.91 Å². The number of hydrogen-bond acceptors (Lipinski definition) is 6. The van der Waals surface area contributed by atoms with E-state index in [-0.39, 0.29) is 25.2 Å². The zero-order valence-electron chi connectivity index (χ0n) is 14.9. The number of fused-ring (bicyclic) bond motifs is 1. The normalized spacial score (nSPS) is 12.4. The van der Waals surface area contributed by atoms with Crippen LogP contribution in [0.5, 0.6) is 11.5 Å². The van der Waals surface area contributed by atoms with Gasteiger partial charge in [0, 0.05) is 24.4 Å². The second kappa shape index (κ2) is 8.22. The molecule has 140 valence electrons. The van der Waals surface area contributed by atoms with Crippen molar-refractivity contribution < 1.29 is 23.9 Å². The predicted octanol–water partition coefficient (Wildman–Crippen LogP) is 2.75. The average Bonchev–Trinajstić information content (AvgIpc) is 3.09. The van der Waals surface area contributed by atoms with Gasteiger partial charge >= 0.3 is 0 Å². The number of amides is 2. The number of nitrogens with one attached hydrogen (secondary N) is 2. The summed E-state index contributed by atoms with van der Waals surface area (Å²) in [4.78, 5) is 28.1. The third-order valence-corrected chi connectivity index (χ3v) is 3.68. The van der Waals surface area contributed by atoms with Crippen LogP contribution in [0.25, 0.3) is 0 Å². The van der Waals surface area contributed by atoms with E-state index in [4.69, 9.17) is 14.3 Å². The van der Waals surface area contributed by atoms with Crippen LogP contribution in [0.1, 0.15) is 19.4 Å². The molecule has 8 heteroatoms. The van der Waals surface area contributed by atoms with Gasteiger partial charge in [-0.05, 0) is 36.8 Å². The minimum absolute atomic E-state index is 0.134. The first kappa shape index (κ1) is 18.2. The van der Waals surface area contributed by atoms with Crippen molar-refractivity contribution in [3.05, 3.63) is 48.0 Å². The van der Waals surface area contributed by atoms with E-state index in [9.17, 15) is 9.59 Å². The maximum absolute atomic E-state index is 12.0. The molecule has 0 atom stereocenters. The van der Waals surface area contributed by atoms with Gasteiger partial charge in [-0.15, -0.1) is 0 Å². The molecule has 0 fully saturated rings. The molecule has 0 spiro atoms. The molecule has 27 heavy (non-hydrogen) atoms. The minimum Gasteiger partial charge on any atom is -0.454 e. The van der Waals surface area contributed by atoms with E-state index in [1.807, 2.05) is 0 Å². The highest BCUT2D eigenvalue weighted by Gasteiger charge is 2.14. The van der Waals surface area contributed by atoms with E-state index in [0.717, 1.165) is 5.56 Å². The van der Waals surface area contributed by atoms with E-state index in [1.54, 1.807) is 49.4 Å². The summed E-state index contributed by atoms with van der Waals surface area (Å²) in [6.45, 7) is 3.16. The molecular formula is C19H19N3O5. The minimum atomic E-state index is -0.341. The average molecular weight is 369 g/mol. The van der Waals surface area contributed by atoms with Crippen LogP contribution in [-0.4, -0.2) is 30.9 Å². The Morgan fingerprint density at radius 1 is 1.00 bits per heavy atom. The van der Waals surface area contributed by atoms with E-state index < -0.39 is 0 Å². The maximum Gasteiger partial charge on any atom is 0.265 e. The summed E-state index contributed by atoms with van der Waals surface area (Å²) < 4.78 is 10.5. The van der Waals surface area contributed by atoms with Crippen LogP contribution in [0.3, 0.4) is 0 Å². The van der Waals surface area contributed by atoms with Crippen molar-refractivity contribution in [1.29, 1.82) is 0 Å². The number of carbonyl (C=O) groups is 2. The number of anilines is 2. The molecule has 0 radical (unpaired) electrons. The van der Waals surface area contributed by atoms with Gasteiger partial charge in [-0.2, -0.15) is 0 Å². The van der Waals surface area contributed by atoms with E-state index in [0.29, 0.717) is 28.6 Å². The van der Waals surface area contributed by atoms with Crippen LogP contribution < -0.4 is 20.1 Å². The number of carbonyl (C=O) groups excluding carboxylic acids is 2. The van der Waals surface area contributed by atoms with Crippen molar-refractivity contribution >= 4 is 28.9 Å². The van der Waals surface area contributed by atoms with Gasteiger partial charge in [0.15, 0.2) is 18.1 Å². The van der Waals surface area contributed by atoms with Gasteiger partial charge in [-0.25, -0.2) is 0 Å². The monoisotopic (exact) mass is 369 g/mol. The first-order valence-electron chi connectivity index (χ1n) is 8.25. The second-order valence-electron chi connectivity index (χ2n) is 5.82. The van der Waals surface area contributed by atoms with Crippen LogP contribution >= 0.6 is 0 Å². The highest BCUT2D eigenvalue weighted by Crippen LogP contribution is 2.34. The lowest BCUT2D eigenvalue weighted by Crippen LogP contribution is -2.17. The molecule has 2 aromatic rings. The van der Waals surface area contributed by atoms with Gasteiger partial charge in [-0.1, -0.05) is 17.3 Å². The highest BCUT2D eigenvalue weighted by atomic mass is 16.7. The fraction of sp³-hybridized carbons (Fsp3) is 0.211. The zero-order chi connectivity index (χ0) is 19.2. The summed E-state index contributed by atoms with van der Waals surface area (Å²) >= 11 is 0. The van der Waals surface area contributed by atoms with Crippen molar-refractivity contribution in [3.63, 3.8) is 0 Å². The quantitative estimate of drug-likeness (QED) is 0.603. The molecule has 0 bridgehead atoms. The van der Waals surface area contributed by atoms with Crippen molar-refractivity contribution in [2.75, 3.05) is 24.0 Å². The summed E-state index contributed by atoms with van der Waals surface area (Å²) in [5.74, 6) is 0.760. The fourth-order valence-corrected chi connectivity index (χ4v) is 2.41. The molecular weight excluding hydrogens is 350 g/mol. The van der Waals surface area contributed by atoms with Crippen molar-refractivity contribution in [2.45, 2.75) is 13.8 Å². The van der Waals surface area contributed by atoms with Crippen LogP contribution in [0, 0.1) is 0 Å². The maximum atomic E-state index is 12.0. The standard InChI is InChI=1S/C19H19N3O5/c1-12(14-3-5-15(6-4-14)20-13(2)23)22-27-10-19(24)21-16-7-8-17-18(9-16)26-11-25-17/h3-9H,10-11H2,1-2H3,(H,20,23)(H,21,24)/b22-12+. The van der Waals surface area contributed by atoms with Gasteiger partial charge in [0.2, 0.25) is 12.7 Å². The molecule has 1 aliphatic heterocycles. The summed E-state index contributed by atoms with van der Waals surface area (Å²) in [5.41, 5.74) is 2.71. The summed E-state index contributed by atoms with van der Waals surface area (Å²) in [7, 11) is 0. The number of ether oxygens (including phenoxy) is 2. The van der Waals surface area contributed by atoms with Gasteiger partial charge < -0.3 is 24.9 Å². The Kier molecular flexibility index (Phi) is 5.55. The number of hydrogen-bond donors (Lipinski definition) is 2. The van der Waals surface area contributed by atoms with Crippen molar-refractivity contribution in [2.24, 2.45) is 5.16 Å². The topological polar surface area (TPSA) is 98.2 Å². The Hall–Kier alpha value is -3.55. The molecule has 0 aromatic heterocycles. The lowest BCUT2D eigenvalue weighted by Gasteiger charge is -2.06. The molecule has 0 unspecified atom stereocenters. The molecule has 0 saturated heterocycles. The summed E-state index contributed by atoms with van der Waals surface area (Å²) in [6, 6.07) is 12.3. The van der Waals surface area contributed by atoms with Crippen LogP contribution in [-0.2, 0) is 14.4 Å². The molecule has 1 aliphatic rings. The summed E-state index contributed by atoms with van der Waals surface area (Å²) in [6.07, 6.45) is 0. The lowest BCUT2D eigenvalue weighted by atomic mass is 10.1. The third-order valence-electron chi connectivity index (χ3n) is 3.68. The van der Waals surface area contributed by atoms with Crippen LogP contribution in [0.15, 0.2) is 47.6 Å². The Morgan fingerprint density at radius 2 is 1.70 bits per heavy atom. The molecule has 0 saturated carbocycles. The van der Waals surface area contributed by atoms with Gasteiger partial charge in [0.05, 0.1) is 5.71 Å². The van der Waals surface area contributed by atoms with Crippen molar-refractivity contribution in [3.8, 4) is 11.5 Å². The molecule has 8 nitrogen and oxygen atoms in total. The van der Waals surface area contributed by atoms with Crippen LogP contribution in [0.4, 0.5) is 11.4 Å². The first-order valence-corrected chi connectivity index (χ1v) is 8.25. The van der Waals surface area contributed by atoms with E-state index in [1.165, 1.54) is 6.92 Å². The molecule has 1 heterocycles. The van der Waals surface area contributed by atoms with E-state index in [2.05, 4.69) is 15.8 Å². The smallest absolute Gasteiger partial charge is 0.265 e. The SMILES string of the molecule is CC(=O)Nc1ccc(/C(C)=N/OCC(=O)Nc2ccc3c(c2)OCO3)cc1. The first-order chi connectivity index (χ1) is 13.0. The number of rotatable bonds is 6.